The predicted octanol–water partition coefficient (Wildman–Crippen LogP) is 3.72. The molecule has 108 valence electrons. The van der Waals surface area contributed by atoms with Crippen molar-refractivity contribution in [2.75, 3.05) is 13.7 Å². The van der Waals surface area contributed by atoms with Crippen LogP contribution in [0.3, 0.4) is 0 Å². The second-order valence-corrected chi connectivity index (χ2v) is 6.00. The molecule has 1 unspecified atom stereocenters. The summed E-state index contributed by atoms with van der Waals surface area (Å²) < 4.78 is 5.42. The molecular weight excluding hydrogens is 248 g/mol. The van der Waals surface area contributed by atoms with Gasteiger partial charge in [-0.25, -0.2) is 0 Å². The Balaban J connectivity index is 2.07. The molecule has 1 aliphatic rings. The van der Waals surface area contributed by atoms with Gasteiger partial charge in [-0.2, -0.15) is 0 Å². The van der Waals surface area contributed by atoms with E-state index in [0.29, 0.717) is 5.92 Å². The summed E-state index contributed by atoms with van der Waals surface area (Å²) in [5.41, 5.74) is 9.92. The number of hydrogen-bond acceptors (Lipinski definition) is 2. The Hall–Kier alpha value is -1.48. The normalized spacial score (nSPS) is 17.8. The molecule has 0 bridgehead atoms. The molecular formula is C17H24N2O. The van der Waals surface area contributed by atoms with Crippen LogP contribution in [0.1, 0.15) is 42.7 Å². The average Bonchev–Trinajstić information content (AvgIpc) is 3.10. The number of nitrogens with two attached hydrogens (primary N) is 1. The monoisotopic (exact) mass is 272 g/mol. The summed E-state index contributed by atoms with van der Waals surface area (Å²) in [6.07, 6.45) is 7.50. The fourth-order valence-corrected chi connectivity index (χ4v) is 3.76. The van der Waals surface area contributed by atoms with Crippen molar-refractivity contribution in [1.29, 1.82) is 0 Å². The quantitative estimate of drug-likeness (QED) is 0.891. The molecule has 1 heterocycles. The van der Waals surface area contributed by atoms with Gasteiger partial charge in [-0.15, -0.1) is 0 Å². The second kappa shape index (κ2) is 5.49. The molecule has 0 radical (unpaired) electrons. The number of fused-ring (bicyclic) bond motifs is 1. The largest absolute Gasteiger partial charge is 0.497 e. The van der Waals surface area contributed by atoms with Gasteiger partial charge in [0, 0.05) is 23.0 Å². The van der Waals surface area contributed by atoms with Gasteiger partial charge in [0.05, 0.1) is 7.11 Å². The molecule has 1 aliphatic carbocycles. The molecule has 1 saturated carbocycles. The minimum absolute atomic E-state index is 0.470. The van der Waals surface area contributed by atoms with Crippen molar-refractivity contribution in [3.05, 3.63) is 29.5 Å². The summed E-state index contributed by atoms with van der Waals surface area (Å²) in [5.74, 6) is 2.14. The van der Waals surface area contributed by atoms with Crippen molar-refractivity contribution < 1.29 is 4.74 Å². The predicted molar refractivity (Wildman–Crippen MR) is 83.3 cm³/mol. The molecule has 1 atom stereocenters. The fraction of sp³-hybridized carbons (Fsp3) is 0.529. The summed E-state index contributed by atoms with van der Waals surface area (Å²) in [4.78, 5) is 3.43. The first-order valence-corrected chi connectivity index (χ1v) is 7.60. The van der Waals surface area contributed by atoms with Crippen LogP contribution in [-0.4, -0.2) is 18.6 Å². The SMILES string of the molecule is COc1cc(C)c2[nH]cc(C(CN)C3CCCC3)c2c1. The van der Waals surface area contributed by atoms with Crippen molar-refractivity contribution in [1.82, 2.24) is 4.98 Å². The van der Waals surface area contributed by atoms with E-state index in [2.05, 4.69) is 30.2 Å². The van der Waals surface area contributed by atoms with Crippen LogP contribution in [0.2, 0.25) is 0 Å². The number of nitrogens with one attached hydrogen (secondary N) is 1. The first-order valence-electron chi connectivity index (χ1n) is 7.60. The molecule has 1 fully saturated rings. The molecule has 2 aromatic rings. The molecule has 1 aromatic heterocycles. The van der Waals surface area contributed by atoms with Gasteiger partial charge in [0.2, 0.25) is 0 Å². The summed E-state index contributed by atoms with van der Waals surface area (Å²) >= 11 is 0. The number of aromatic nitrogens is 1. The highest BCUT2D eigenvalue weighted by Crippen LogP contribution is 2.40. The Kier molecular flexibility index (Phi) is 3.70. The zero-order chi connectivity index (χ0) is 14.1. The van der Waals surface area contributed by atoms with E-state index >= 15 is 0 Å². The van der Waals surface area contributed by atoms with Gasteiger partial charge >= 0.3 is 0 Å². The van der Waals surface area contributed by atoms with Crippen LogP contribution in [0.4, 0.5) is 0 Å². The first kappa shape index (κ1) is 13.5. The Labute approximate surface area is 120 Å². The van der Waals surface area contributed by atoms with Crippen LogP contribution in [0.5, 0.6) is 5.75 Å². The average molecular weight is 272 g/mol. The van der Waals surface area contributed by atoms with E-state index in [-0.39, 0.29) is 0 Å². The van der Waals surface area contributed by atoms with Crippen molar-refractivity contribution in [2.24, 2.45) is 11.7 Å². The summed E-state index contributed by atoms with van der Waals surface area (Å²) in [5, 5.41) is 1.28. The van der Waals surface area contributed by atoms with E-state index in [0.717, 1.165) is 18.2 Å². The zero-order valence-electron chi connectivity index (χ0n) is 12.4. The minimum atomic E-state index is 0.470. The summed E-state index contributed by atoms with van der Waals surface area (Å²) in [6, 6.07) is 4.22. The Bertz CT molecular complexity index is 596. The van der Waals surface area contributed by atoms with E-state index in [1.165, 1.54) is 47.7 Å². The lowest BCUT2D eigenvalue weighted by Crippen LogP contribution is -2.19. The fourth-order valence-electron chi connectivity index (χ4n) is 3.76. The molecule has 0 saturated heterocycles. The van der Waals surface area contributed by atoms with Crippen LogP contribution in [0.15, 0.2) is 18.3 Å². The van der Waals surface area contributed by atoms with E-state index in [1.807, 2.05) is 0 Å². The van der Waals surface area contributed by atoms with Gasteiger partial charge in [0.25, 0.3) is 0 Å². The van der Waals surface area contributed by atoms with Gasteiger partial charge in [-0.05, 0) is 55.5 Å². The van der Waals surface area contributed by atoms with Gasteiger partial charge < -0.3 is 15.5 Å². The van der Waals surface area contributed by atoms with Gasteiger partial charge in [-0.1, -0.05) is 12.8 Å². The summed E-state index contributed by atoms with van der Waals surface area (Å²) in [6.45, 7) is 2.85. The number of aryl methyl sites for hydroxylation is 1. The number of hydrogen-bond donors (Lipinski definition) is 2. The number of benzene rings is 1. The number of aromatic amines is 1. The second-order valence-electron chi connectivity index (χ2n) is 6.00. The van der Waals surface area contributed by atoms with Crippen LogP contribution in [0, 0.1) is 12.8 Å². The van der Waals surface area contributed by atoms with Crippen LogP contribution >= 0.6 is 0 Å². The molecule has 3 rings (SSSR count). The van der Waals surface area contributed by atoms with Crippen LogP contribution < -0.4 is 10.5 Å². The lowest BCUT2D eigenvalue weighted by molar-refractivity contribution is 0.415. The third kappa shape index (κ3) is 2.20. The van der Waals surface area contributed by atoms with E-state index in [9.17, 15) is 0 Å². The minimum Gasteiger partial charge on any atom is -0.497 e. The van der Waals surface area contributed by atoms with Gasteiger partial charge in [0.1, 0.15) is 5.75 Å². The third-order valence-corrected chi connectivity index (χ3v) is 4.85. The van der Waals surface area contributed by atoms with Crippen molar-refractivity contribution >= 4 is 10.9 Å². The van der Waals surface area contributed by atoms with E-state index < -0.39 is 0 Å². The topological polar surface area (TPSA) is 51.0 Å². The number of methoxy groups -OCH3 is 1. The van der Waals surface area contributed by atoms with E-state index in [1.54, 1.807) is 7.11 Å². The van der Waals surface area contributed by atoms with Crippen molar-refractivity contribution in [2.45, 2.75) is 38.5 Å². The van der Waals surface area contributed by atoms with Crippen LogP contribution in [-0.2, 0) is 0 Å². The number of ether oxygens (including phenoxy) is 1. The number of H-pyrrole nitrogens is 1. The standard InChI is InChI=1S/C17H24N2O/c1-11-7-13(20-2)8-14-16(10-19-17(11)14)15(9-18)12-5-3-4-6-12/h7-8,10,12,15,19H,3-6,9,18H2,1-2H3. The number of rotatable bonds is 4. The van der Waals surface area contributed by atoms with Crippen molar-refractivity contribution in [3.8, 4) is 5.75 Å². The smallest absolute Gasteiger partial charge is 0.119 e. The Morgan fingerprint density at radius 3 is 2.75 bits per heavy atom. The molecule has 3 N–H and O–H groups in total. The molecule has 3 heteroatoms. The lowest BCUT2D eigenvalue weighted by Gasteiger charge is -2.21. The van der Waals surface area contributed by atoms with Crippen LogP contribution in [0.25, 0.3) is 10.9 Å². The molecule has 3 nitrogen and oxygen atoms in total. The van der Waals surface area contributed by atoms with E-state index in [4.69, 9.17) is 10.5 Å². The molecule has 0 aliphatic heterocycles. The highest BCUT2D eigenvalue weighted by molar-refractivity contribution is 5.88. The van der Waals surface area contributed by atoms with Gasteiger partial charge in [-0.3, -0.25) is 0 Å². The molecule has 0 spiro atoms. The zero-order valence-corrected chi connectivity index (χ0v) is 12.4. The molecule has 0 amide bonds. The highest BCUT2D eigenvalue weighted by atomic mass is 16.5. The third-order valence-electron chi connectivity index (χ3n) is 4.85. The highest BCUT2D eigenvalue weighted by Gasteiger charge is 2.27. The first-order chi connectivity index (χ1) is 9.74. The summed E-state index contributed by atoms with van der Waals surface area (Å²) in [7, 11) is 1.73. The Morgan fingerprint density at radius 2 is 2.10 bits per heavy atom. The maximum absolute atomic E-state index is 6.10. The Morgan fingerprint density at radius 1 is 1.35 bits per heavy atom. The molecule has 1 aromatic carbocycles. The van der Waals surface area contributed by atoms with Crippen molar-refractivity contribution in [3.63, 3.8) is 0 Å². The van der Waals surface area contributed by atoms with Gasteiger partial charge in [0.15, 0.2) is 0 Å². The lowest BCUT2D eigenvalue weighted by atomic mass is 9.84. The molecule has 20 heavy (non-hydrogen) atoms. The maximum atomic E-state index is 6.10. The maximum Gasteiger partial charge on any atom is 0.119 e.